The second-order valence-electron chi connectivity index (χ2n) is 4.37. The topological polar surface area (TPSA) is 63.2 Å². The lowest BCUT2D eigenvalue weighted by Crippen LogP contribution is -2.45. The smallest absolute Gasteiger partial charge is 0.374 e. The van der Waals surface area contributed by atoms with E-state index in [1.165, 1.54) is 0 Å². The van der Waals surface area contributed by atoms with Gasteiger partial charge in [0.2, 0.25) is 0 Å². The van der Waals surface area contributed by atoms with Gasteiger partial charge in [-0.2, -0.15) is 13.2 Å². The van der Waals surface area contributed by atoms with Crippen LogP contribution in [0.4, 0.5) is 13.2 Å². The molecule has 0 aromatic carbocycles. The standard InChI is InChI=1S/C12H14F3N3O2/c13-12(14,15)9-3-8(4-17-5-9)11(19)18-7-10-6-16-1-2-20-10/h3-5,10,16H,1-2,6-7H2,(H,18,19). The van der Waals surface area contributed by atoms with Gasteiger partial charge < -0.3 is 15.4 Å². The molecule has 0 saturated carbocycles. The molecule has 20 heavy (non-hydrogen) atoms. The lowest BCUT2D eigenvalue weighted by molar-refractivity contribution is -0.137. The van der Waals surface area contributed by atoms with Crippen LogP contribution in [0.15, 0.2) is 18.5 Å². The molecule has 8 heteroatoms. The highest BCUT2D eigenvalue weighted by atomic mass is 19.4. The van der Waals surface area contributed by atoms with E-state index >= 15 is 0 Å². The van der Waals surface area contributed by atoms with Gasteiger partial charge in [0.15, 0.2) is 0 Å². The summed E-state index contributed by atoms with van der Waals surface area (Å²) >= 11 is 0. The number of morpholine rings is 1. The molecule has 0 aliphatic carbocycles. The number of aromatic nitrogens is 1. The molecule has 2 rings (SSSR count). The van der Waals surface area contributed by atoms with Gasteiger partial charge in [0.25, 0.3) is 5.91 Å². The van der Waals surface area contributed by atoms with Crippen molar-refractivity contribution in [3.8, 4) is 0 Å². The van der Waals surface area contributed by atoms with Crippen LogP contribution in [0.1, 0.15) is 15.9 Å². The van der Waals surface area contributed by atoms with Crippen LogP contribution in [0.3, 0.4) is 0 Å². The van der Waals surface area contributed by atoms with Gasteiger partial charge in [-0.3, -0.25) is 9.78 Å². The number of nitrogens with one attached hydrogen (secondary N) is 2. The highest BCUT2D eigenvalue weighted by Gasteiger charge is 2.31. The van der Waals surface area contributed by atoms with Gasteiger partial charge in [-0.05, 0) is 6.07 Å². The summed E-state index contributed by atoms with van der Waals surface area (Å²) in [6, 6.07) is 0.780. The zero-order chi connectivity index (χ0) is 14.6. The molecule has 2 N–H and O–H groups in total. The second-order valence-corrected chi connectivity index (χ2v) is 4.37. The van der Waals surface area contributed by atoms with Crippen LogP contribution in [-0.4, -0.2) is 43.2 Å². The minimum Gasteiger partial charge on any atom is -0.374 e. The van der Waals surface area contributed by atoms with Crippen LogP contribution in [-0.2, 0) is 10.9 Å². The van der Waals surface area contributed by atoms with Crippen molar-refractivity contribution in [3.63, 3.8) is 0 Å². The second kappa shape index (κ2) is 6.19. The highest BCUT2D eigenvalue weighted by Crippen LogP contribution is 2.28. The van der Waals surface area contributed by atoms with Gasteiger partial charge in [-0.25, -0.2) is 0 Å². The Balaban J connectivity index is 1.95. The Morgan fingerprint density at radius 2 is 2.30 bits per heavy atom. The quantitative estimate of drug-likeness (QED) is 0.865. The maximum atomic E-state index is 12.5. The Kier molecular flexibility index (Phi) is 4.56. The van der Waals surface area contributed by atoms with Crippen molar-refractivity contribution in [1.29, 1.82) is 0 Å². The Labute approximate surface area is 113 Å². The third kappa shape index (κ3) is 3.91. The average Bonchev–Trinajstić information content (AvgIpc) is 2.45. The molecule has 1 saturated heterocycles. The number of amides is 1. The average molecular weight is 289 g/mol. The fraction of sp³-hybridized carbons (Fsp3) is 0.500. The molecule has 1 aromatic rings. The third-order valence-electron chi connectivity index (χ3n) is 2.82. The number of nitrogens with zero attached hydrogens (tertiary/aromatic N) is 1. The van der Waals surface area contributed by atoms with Gasteiger partial charge in [0.05, 0.1) is 23.8 Å². The molecular formula is C12H14F3N3O2. The van der Waals surface area contributed by atoms with Crippen molar-refractivity contribution in [2.75, 3.05) is 26.2 Å². The van der Waals surface area contributed by atoms with Gasteiger partial charge in [0, 0.05) is 32.0 Å². The third-order valence-corrected chi connectivity index (χ3v) is 2.82. The van der Waals surface area contributed by atoms with Crippen LogP contribution in [0, 0.1) is 0 Å². The lowest BCUT2D eigenvalue weighted by atomic mass is 10.2. The Morgan fingerprint density at radius 3 is 2.95 bits per heavy atom. The number of pyridine rings is 1. The minimum absolute atomic E-state index is 0.122. The summed E-state index contributed by atoms with van der Waals surface area (Å²) in [7, 11) is 0. The van der Waals surface area contributed by atoms with Crippen molar-refractivity contribution < 1.29 is 22.7 Å². The van der Waals surface area contributed by atoms with Crippen LogP contribution >= 0.6 is 0 Å². The molecule has 0 spiro atoms. The number of ether oxygens (including phenoxy) is 1. The van der Waals surface area contributed by atoms with Gasteiger partial charge >= 0.3 is 6.18 Å². The largest absolute Gasteiger partial charge is 0.417 e. The first-order valence-corrected chi connectivity index (χ1v) is 6.09. The van der Waals surface area contributed by atoms with Crippen molar-refractivity contribution in [1.82, 2.24) is 15.6 Å². The zero-order valence-corrected chi connectivity index (χ0v) is 10.5. The zero-order valence-electron chi connectivity index (χ0n) is 10.5. The summed E-state index contributed by atoms with van der Waals surface area (Å²) in [5, 5.41) is 5.63. The maximum absolute atomic E-state index is 12.5. The van der Waals surface area contributed by atoms with E-state index in [0.717, 1.165) is 18.8 Å². The van der Waals surface area contributed by atoms with E-state index in [0.29, 0.717) is 19.3 Å². The van der Waals surface area contributed by atoms with E-state index < -0.39 is 17.6 Å². The summed E-state index contributed by atoms with van der Waals surface area (Å²) < 4.78 is 42.9. The van der Waals surface area contributed by atoms with Crippen molar-refractivity contribution in [2.45, 2.75) is 12.3 Å². The van der Waals surface area contributed by atoms with Crippen molar-refractivity contribution >= 4 is 5.91 Å². The minimum atomic E-state index is -4.51. The molecule has 0 radical (unpaired) electrons. The molecule has 5 nitrogen and oxygen atoms in total. The first-order chi connectivity index (χ1) is 9.47. The molecule has 0 bridgehead atoms. The van der Waals surface area contributed by atoms with Gasteiger partial charge in [-0.15, -0.1) is 0 Å². The SMILES string of the molecule is O=C(NCC1CNCCO1)c1cncc(C(F)(F)F)c1. The summed E-state index contributed by atoms with van der Waals surface area (Å²) in [6.07, 6.45) is -2.90. The maximum Gasteiger partial charge on any atom is 0.417 e. The molecule has 110 valence electrons. The number of alkyl halides is 3. The van der Waals surface area contributed by atoms with Crippen LogP contribution < -0.4 is 10.6 Å². The van der Waals surface area contributed by atoms with E-state index in [9.17, 15) is 18.0 Å². The Bertz CT molecular complexity index is 473. The predicted molar refractivity (Wildman–Crippen MR) is 64.2 cm³/mol. The Hall–Kier alpha value is -1.67. The summed E-state index contributed by atoms with van der Waals surface area (Å²) in [4.78, 5) is 15.2. The number of halogens is 3. The molecular weight excluding hydrogens is 275 g/mol. The fourth-order valence-electron chi connectivity index (χ4n) is 1.78. The van der Waals surface area contributed by atoms with Crippen LogP contribution in [0.2, 0.25) is 0 Å². The Morgan fingerprint density at radius 1 is 1.50 bits per heavy atom. The van der Waals surface area contributed by atoms with Gasteiger partial charge in [0.1, 0.15) is 0 Å². The van der Waals surface area contributed by atoms with E-state index in [1.807, 2.05) is 0 Å². The van der Waals surface area contributed by atoms with Crippen LogP contribution in [0.25, 0.3) is 0 Å². The first kappa shape index (κ1) is 14.7. The summed E-state index contributed by atoms with van der Waals surface area (Å²) in [5.41, 5.74) is -1.07. The van der Waals surface area contributed by atoms with Crippen molar-refractivity contribution in [2.24, 2.45) is 0 Å². The van der Waals surface area contributed by atoms with Crippen LogP contribution in [0.5, 0.6) is 0 Å². The van der Waals surface area contributed by atoms with Gasteiger partial charge in [-0.1, -0.05) is 0 Å². The number of hydrogen-bond acceptors (Lipinski definition) is 4. The van der Waals surface area contributed by atoms with E-state index in [1.54, 1.807) is 0 Å². The molecule has 1 aliphatic heterocycles. The fourth-order valence-corrected chi connectivity index (χ4v) is 1.78. The lowest BCUT2D eigenvalue weighted by Gasteiger charge is -2.23. The van der Waals surface area contributed by atoms with E-state index in [-0.39, 0.29) is 18.2 Å². The molecule has 1 unspecified atom stereocenters. The molecule has 1 amide bonds. The first-order valence-electron chi connectivity index (χ1n) is 6.09. The molecule has 1 aromatic heterocycles. The van der Waals surface area contributed by atoms with E-state index in [4.69, 9.17) is 4.74 Å². The molecule has 1 atom stereocenters. The highest BCUT2D eigenvalue weighted by molar-refractivity contribution is 5.94. The molecule has 1 aliphatic rings. The number of carbonyl (C=O) groups excluding carboxylic acids is 1. The number of rotatable bonds is 3. The van der Waals surface area contributed by atoms with Crippen molar-refractivity contribution in [3.05, 3.63) is 29.6 Å². The monoisotopic (exact) mass is 289 g/mol. The predicted octanol–water partition coefficient (Wildman–Crippen LogP) is 0.819. The molecule has 1 fully saturated rings. The summed E-state index contributed by atoms with van der Waals surface area (Å²) in [5.74, 6) is -0.599. The number of hydrogen-bond donors (Lipinski definition) is 2. The summed E-state index contributed by atoms with van der Waals surface area (Å²) in [6.45, 7) is 2.14. The normalized spacial score (nSPS) is 19.6. The number of carbonyl (C=O) groups is 1. The molecule has 2 heterocycles. The van der Waals surface area contributed by atoms with E-state index in [2.05, 4.69) is 15.6 Å².